The van der Waals surface area contributed by atoms with Gasteiger partial charge in [0.2, 0.25) is 0 Å². The second-order valence-electron chi connectivity index (χ2n) is 4.81. The lowest BCUT2D eigenvalue weighted by Crippen LogP contribution is -2.21. The minimum absolute atomic E-state index is 0.0456. The van der Waals surface area contributed by atoms with Gasteiger partial charge in [0.05, 0.1) is 18.3 Å². The van der Waals surface area contributed by atoms with Crippen LogP contribution >= 0.6 is 0 Å². The van der Waals surface area contributed by atoms with Gasteiger partial charge in [0.15, 0.2) is 0 Å². The van der Waals surface area contributed by atoms with Crippen molar-refractivity contribution in [3.63, 3.8) is 0 Å². The van der Waals surface area contributed by atoms with Crippen molar-refractivity contribution in [2.45, 2.75) is 26.3 Å². The zero-order chi connectivity index (χ0) is 14.4. The van der Waals surface area contributed by atoms with Crippen molar-refractivity contribution in [1.29, 1.82) is 0 Å². The van der Waals surface area contributed by atoms with Gasteiger partial charge in [0.1, 0.15) is 5.75 Å². The molecule has 1 heterocycles. The van der Waals surface area contributed by atoms with E-state index in [2.05, 4.69) is 36.3 Å². The van der Waals surface area contributed by atoms with Gasteiger partial charge >= 0.3 is 0 Å². The number of rotatable bonds is 6. The monoisotopic (exact) mass is 270 g/mol. The molecule has 1 atom stereocenters. The lowest BCUT2D eigenvalue weighted by Gasteiger charge is -2.21. The highest BCUT2D eigenvalue weighted by Crippen LogP contribution is 2.30. The van der Waals surface area contributed by atoms with Crippen LogP contribution in [0.15, 0.2) is 42.6 Å². The van der Waals surface area contributed by atoms with E-state index < -0.39 is 0 Å². The zero-order valence-corrected chi connectivity index (χ0v) is 12.4. The zero-order valence-electron chi connectivity index (χ0n) is 12.4. The Morgan fingerprint density at radius 3 is 2.70 bits per heavy atom. The van der Waals surface area contributed by atoms with Crippen LogP contribution in [0.1, 0.15) is 36.2 Å². The molecule has 1 aromatic heterocycles. The minimum atomic E-state index is 0.0456. The summed E-state index contributed by atoms with van der Waals surface area (Å²) in [7, 11) is 1.95. The maximum absolute atomic E-state index is 5.86. The summed E-state index contributed by atoms with van der Waals surface area (Å²) in [5.41, 5.74) is 3.35. The molecule has 2 aromatic rings. The summed E-state index contributed by atoms with van der Waals surface area (Å²) >= 11 is 0. The summed E-state index contributed by atoms with van der Waals surface area (Å²) < 4.78 is 5.86. The van der Waals surface area contributed by atoms with Crippen LogP contribution in [0.4, 0.5) is 0 Å². The molecule has 20 heavy (non-hydrogen) atoms. The SMILES string of the molecule is CCCOc1ccccc1C(NC)c1ncccc1C. The number of aryl methyl sites for hydroxylation is 1. The molecular weight excluding hydrogens is 248 g/mol. The third kappa shape index (κ3) is 3.17. The van der Waals surface area contributed by atoms with Crippen LogP contribution in [0.3, 0.4) is 0 Å². The Morgan fingerprint density at radius 2 is 2.00 bits per heavy atom. The topological polar surface area (TPSA) is 34.1 Å². The molecule has 0 aliphatic carbocycles. The van der Waals surface area contributed by atoms with E-state index in [0.717, 1.165) is 30.0 Å². The van der Waals surface area contributed by atoms with E-state index >= 15 is 0 Å². The molecule has 3 nitrogen and oxygen atoms in total. The van der Waals surface area contributed by atoms with E-state index in [4.69, 9.17) is 4.74 Å². The highest BCUT2D eigenvalue weighted by Gasteiger charge is 2.19. The van der Waals surface area contributed by atoms with E-state index in [9.17, 15) is 0 Å². The molecular formula is C17H22N2O. The molecule has 106 valence electrons. The Bertz CT molecular complexity index is 554. The van der Waals surface area contributed by atoms with Gasteiger partial charge in [-0.15, -0.1) is 0 Å². The molecule has 1 aromatic carbocycles. The Hall–Kier alpha value is -1.87. The molecule has 2 rings (SSSR count). The second kappa shape index (κ2) is 7.06. The van der Waals surface area contributed by atoms with Gasteiger partial charge in [-0.1, -0.05) is 31.2 Å². The third-order valence-electron chi connectivity index (χ3n) is 3.30. The molecule has 0 fully saturated rings. The summed E-state index contributed by atoms with van der Waals surface area (Å²) in [5.74, 6) is 0.929. The predicted molar refractivity (Wildman–Crippen MR) is 82.1 cm³/mol. The van der Waals surface area contributed by atoms with Gasteiger partial charge in [-0.05, 0) is 38.1 Å². The lowest BCUT2D eigenvalue weighted by atomic mass is 9.99. The first-order chi connectivity index (χ1) is 9.77. The van der Waals surface area contributed by atoms with E-state index in [0.29, 0.717) is 0 Å². The maximum atomic E-state index is 5.86. The van der Waals surface area contributed by atoms with E-state index in [-0.39, 0.29) is 6.04 Å². The number of pyridine rings is 1. The third-order valence-corrected chi connectivity index (χ3v) is 3.30. The van der Waals surface area contributed by atoms with Gasteiger partial charge in [-0.2, -0.15) is 0 Å². The van der Waals surface area contributed by atoms with Crippen LogP contribution in [0.2, 0.25) is 0 Å². The highest BCUT2D eigenvalue weighted by molar-refractivity contribution is 5.41. The first kappa shape index (κ1) is 14.5. The molecule has 0 saturated carbocycles. The fraction of sp³-hybridized carbons (Fsp3) is 0.353. The van der Waals surface area contributed by atoms with Crippen LogP contribution in [0.5, 0.6) is 5.75 Å². The van der Waals surface area contributed by atoms with Crippen molar-refractivity contribution in [3.8, 4) is 5.75 Å². The number of hydrogen-bond donors (Lipinski definition) is 1. The number of benzene rings is 1. The Kier molecular flexibility index (Phi) is 5.13. The molecule has 0 saturated heterocycles. The second-order valence-corrected chi connectivity index (χ2v) is 4.81. The van der Waals surface area contributed by atoms with Crippen molar-refractivity contribution in [2.24, 2.45) is 0 Å². The summed E-state index contributed by atoms with van der Waals surface area (Å²) in [6, 6.07) is 12.3. The number of nitrogens with one attached hydrogen (secondary N) is 1. The molecule has 1 unspecified atom stereocenters. The van der Waals surface area contributed by atoms with E-state index in [1.807, 2.05) is 37.5 Å². The van der Waals surface area contributed by atoms with Crippen molar-refractivity contribution < 1.29 is 4.74 Å². The van der Waals surface area contributed by atoms with Crippen molar-refractivity contribution >= 4 is 0 Å². The minimum Gasteiger partial charge on any atom is -0.493 e. The average Bonchev–Trinajstić information content (AvgIpc) is 2.49. The Balaban J connectivity index is 2.39. The molecule has 1 N–H and O–H groups in total. The van der Waals surface area contributed by atoms with Crippen LogP contribution < -0.4 is 10.1 Å². The number of para-hydroxylation sites is 1. The van der Waals surface area contributed by atoms with E-state index in [1.165, 1.54) is 5.56 Å². The summed E-state index contributed by atoms with van der Waals surface area (Å²) in [6.45, 7) is 4.93. The smallest absolute Gasteiger partial charge is 0.124 e. The quantitative estimate of drug-likeness (QED) is 0.872. The molecule has 0 bridgehead atoms. The van der Waals surface area contributed by atoms with E-state index in [1.54, 1.807) is 0 Å². The van der Waals surface area contributed by atoms with Crippen LogP contribution in [-0.2, 0) is 0 Å². The predicted octanol–water partition coefficient (Wildman–Crippen LogP) is 3.49. The van der Waals surface area contributed by atoms with Crippen molar-refractivity contribution in [3.05, 3.63) is 59.4 Å². The first-order valence-electron chi connectivity index (χ1n) is 7.08. The molecule has 0 aliphatic rings. The van der Waals surface area contributed by atoms with Gasteiger partial charge in [0, 0.05) is 11.8 Å². The lowest BCUT2D eigenvalue weighted by molar-refractivity contribution is 0.312. The van der Waals surface area contributed by atoms with Gasteiger partial charge in [-0.25, -0.2) is 0 Å². The first-order valence-corrected chi connectivity index (χ1v) is 7.08. The van der Waals surface area contributed by atoms with Crippen LogP contribution in [-0.4, -0.2) is 18.6 Å². The summed E-state index contributed by atoms with van der Waals surface area (Å²) in [4.78, 5) is 4.53. The number of nitrogens with zero attached hydrogens (tertiary/aromatic N) is 1. The summed E-state index contributed by atoms with van der Waals surface area (Å²) in [6.07, 6.45) is 2.84. The molecule has 0 radical (unpaired) electrons. The standard InChI is InChI=1S/C17H22N2O/c1-4-12-20-15-10-6-5-9-14(15)17(18-3)16-13(2)8-7-11-19-16/h5-11,17-18H,4,12H2,1-3H3. The Morgan fingerprint density at radius 1 is 1.20 bits per heavy atom. The molecule has 0 aliphatic heterocycles. The van der Waals surface area contributed by atoms with Crippen LogP contribution in [0, 0.1) is 6.92 Å². The van der Waals surface area contributed by atoms with Gasteiger partial charge in [0.25, 0.3) is 0 Å². The highest BCUT2D eigenvalue weighted by atomic mass is 16.5. The number of hydrogen-bond acceptors (Lipinski definition) is 3. The van der Waals surface area contributed by atoms with Crippen LogP contribution in [0.25, 0.3) is 0 Å². The number of aromatic nitrogens is 1. The normalized spacial score (nSPS) is 12.2. The van der Waals surface area contributed by atoms with Gasteiger partial charge in [-0.3, -0.25) is 4.98 Å². The summed E-state index contributed by atoms with van der Waals surface area (Å²) in [5, 5.41) is 3.35. The maximum Gasteiger partial charge on any atom is 0.124 e. The Labute approximate surface area is 121 Å². The average molecular weight is 270 g/mol. The molecule has 0 spiro atoms. The largest absolute Gasteiger partial charge is 0.493 e. The fourth-order valence-electron chi connectivity index (χ4n) is 2.30. The molecule has 0 amide bonds. The number of ether oxygens (including phenoxy) is 1. The van der Waals surface area contributed by atoms with Crippen molar-refractivity contribution in [2.75, 3.05) is 13.7 Å². The van der Waals surface area contributed by atoms with Crippen molar-refractivity contribution in [1.82, 2.24) is 10.3 Å². The fourth-order valence-corrected chi connectivity index (χ4v) is 2.30. The van der Waals surface area contributed by atoms with Gasteiger partial charge < -0.3 is 10.1 Å². The molecule has 3 heteroatoms.